The van der Waals surface area contributed by atoms with Gasteiger partial charge in [-0.1, -0.05) is 6.42 Å². The van der Waals surface area contributed by atoms with Crippen LogP contribution in [0, 0.1) is 16.0 Å². The minimum atomic E-state index is -3.72. The molecule has 1 saturated carbocycles. The zero-order valence-electron chi connectivity index (χ0n) is 10.7. The smallest absolute Gasteiger partial charge is 0.358 e. The van der Waals surface area contributed by atoms with Gasteiger partial charge in [-0.15, -0.1) is 0 Å². The molecule has 1 fully saturated rings. The molecule has 0 radical (unpaired) electrons. The minimum Gasteiger partial charge on any atom is -0.358 e. The van der Waals surface area contributed by atoms with Crippen LogP contribution >= 0.6 is 0 Å². The van der Waals surface area contributed by atoms with Crippen LogP contribution in [0.3, 0.4) is 0 Å². The van der Waals surface area contributed by atoms with Gasteiger partial charge in [0.05, 0.1) is 0 Å². The Morgan fingerprint density at radius 3 is 2.75 bits per heavy atom. The number of pyridine rings is 1. The predicted octanol–water partition coefficient (Wildman–Crippen LogP) is 0.395. The highest BCUT2D eigenvalue weighted by molar-refractivity contribution is 7.89. The van der Waals surface area contributed by atoms with E-state index in [0.717, 1.165) is 31.5 Å². The highest BCUT2D eigenvalue weighted by atomic mass is 32.2. The molecular formula is C11H16N4O4S. The van der Waals surface area contributed by atoms with Gasteiger partial charge in [-0.3, -0.25) is 0 Å². The summed E-state index contributed by atoms with van der Waals surface area (Å²) in [5.41, 5.74) is 5.61. The largest absolute Gasteiger partial charge is 0.363 e. The van der Waals surface area contributed by atoms with E-state index in [1.54, 1.807) is 0 Å². The monoisotopic (exact) mass is 300 g/mol. The van der Waals surface area contributed by atoms with Gasteiger partial charge in [-0.05, 0) is 41.3 Å². The Kier molecular flexibility index (Phi) is 4.31. The van der Waals surface area contributed by atoms with Crippen molar-refractivity contribution in [3.8, 4) is 0 Å². The standard InChI is InChI=1S/C11H16N4O4S/c12-6-8-2-1-3-10(8)14-20(18,19)9-4-5-11(13-7-9)15(16)17/h4-5,7-8,10,14H,1-3,6,12H2. The van der Waals surface area contributed by atoms with Crippen molar-refractivity contribution in [1.29, 1.82) is 0 Å². The Labute approximate surface area is 116 Å². The SMILES string of the molecule is NCC1CCCC1NS(=O)(=O)c1ccc([N+](=O)[O-])nc1. The van der Waals surface area contributed by atoms with E-state index < -0.39 is 14.9 Å². The van der Waals surface area contributed by atoms with Gasteiger partial charge in [-0.2, -0.15) is 0 Å². The maximum atomic E-state index is 12.2. The van der Waals surface area contributed by atoms with E-state index in [1.807, 2.05) is 0 Å². The molecule has 3 N–H and O–H groups in total. The number of nitrogens with one attached hydrogen (secondary N) is 1. The molecule has 0 amide bonds. The van der Waals surface area contributed by atoms with Crippen molar-refractivity contribution in [2.45, 2.75) is 30.2 Å². The van der Waals surface area contributed by atoms with Crippen LogP contribution in [-0.4, -0.2) is 30.9 Å². The van der Waals surface area contributed by atoms with Gasteiger partial charge in [0.25, 0.3) is 0 Å². The van der Waals surface area contributed by atoms with Crippen molar-refractivity contribution in [3.63, 3.8) is 0 Å². The average molecular weight is 300 g/mol. The summed E-state index contributed by atoms with van der Waals surface area (Å²) in [5, 5.41) is 10.5. The third-order valence-electron chi connectivity index (χ3n) is 3.49. The summed E-state index contributed by atoms with van der Waals surface area (Å²) >= 11 is 0. The number of sulfonamides is 1. The molecule has 0 saturated heterocycles. The molecule has 0 bridgehead atoms. The summed E-state index contributed by atoms with van der Waals surface area (Å²) in [6, 6.07) is 2.07. The van der Waals surface area contributed by atoms with Gasteiger partial charge < -0.3 is 15.8 Å². The molecule has 9 heteroatoms. The lowest BCUT2D eigenvalue weighted by atomic mass is 10.1. The predicted molar refractivity (Wildman–Crippen MR) is 71.4 cm³/mol. The quantitative estimate of drug-likeness (QED) is 0.598. The van der Waals surface area contributed by atoms with E-state index in [2.05, 4.69) is 9.71 Å². The first kappa shape index (κ1) is 14.8. The van der Waals surface area contributed by atoms with Crippen LogP contribution in [0.4, 0.5) is 5.82 Å². The average Bonchev–Trinajstić information content (AvgIpc) is 2.85. The summed E-state index contributed by atoms with van der Waals surface area (Å²) in [5.74, 6) is -0.250. The van der Waals surface area contributed by atoms with Crippen LogP contribution in [-0.2, 0) is 10.0 Å². The Hall–Kier alpha value is -1.58. The number of nitro groups is 1. The third-order valence-corrected chi connectivity index (χ3v) is 4.96. The molecule has 110 valence electrons. The first-order valence-electron chi connectivity index (χ1n) is 6.27. The Balaban J connectivity index is 2.15. The summed E-state index contributed by atoms with van der Waals surface area (Å²) in [4.78, 5) is 13.2. The summed E-state index contributed by atoms with van der Waals surface area (Å²) in [6.45, 7) is 0.436. The van der Waals surface area contributed by atoms with Crippen molar-refractivity contribution in [2.24, 2.45) is 11.7 Å². The molecule has 1 aliphatic rings. The van der Waals surface area contributed by atoms with Crippen LogP contribution in [0.5, 0.6) is 0 Å². The summed E-state index contributed by atoms with van der Waals surface area (Å²) < 4.78 is 26.9. The molecule has 2 rings (SSSR count). The van der Waals surface area contributed by atoms with Crippen LogP contribution in [0.1, 0.15) is 19.3 Å². The number of rotatable bonds is 5. The first-order chi connectivity index (χ1) is 9.44. The Morgan fingerprint density at radius 2 is 2.20 bits per heavy atom. The number of nitrogens with two attached hydrogens (primary N) is 1. The van der Waals surface area contributed by atoms with Crippen LogP contribution in [0.15, 0.2) is 23.2 Å². The topological polar surface area (TPSA) is 128 Å². The zero-order chi connectivity index (χ0) is 14.8. The number of aromatic nitrogens is 1. The van der Waals surface area contributed by atoms with Gasteiger partial charge in [-0.25, -0.2) is 13.1 Å². The molecule has 1 aromatic heterocycles. The molecule has 2 unspecified atom stereocenters. The minimum absolute atomic E-state index is 0.0780. The third kappa shape index (κ3) is 3.11. The van der Waals surface area contributed by atoms with Crippen molar-refractivity contribution in [3.05, 3.63) is 28.4 Å². The number of hydrogen-bond donors (Lipinski definition) is 2. The van der Waals surface area contributed by atoms with Gasteiger partial charge in [0, 0.05) is 12.1 Å². The molecule has 1 heterocycles. The van der Waals surface area contributed by atoms with Crippen LogP contribution < -0.4 is 10.5 Å². The molecule has 2 atom stereocenters. The molecule has 0 aromatic carbocycles. The van der Waals surface area contributed by atoms with Gasteiger partial charge in [0.15, 0.2) is 6.20 Å². The van der Waals surface area contributed by atoms with Gasteiger partial charge in [0.2, 0.25) is 10.0 Å². The van der Waals surface area contributed by atoms with Gasteiger partial charge >= 0.3 is 5.82 Å². The Morgan fingerprint density at radius 1 is 1.45 bits per heavy atom. The van der Waals surface area contributed by atoms with E-state index in [0.29, 0.717) is 6.54 Å². The number of nitrogens with zero attached hydrogens (tertiary/aromatic N) is 2. The molecular weight excluding hydrogens is 284 g/mol. The molecule has 1 aromatic rings. The fourth-order valence-electron chi connectivity index (χ4n) is 2.38. The Bertz CT molecular complexity index is 587. The second kappa shape index (κ2) is 5.81. The number of hydrogen-bond acceptors (Lipinski definition) is 6. The van der Waals surface area contributed by atoms with Crippen molar-refractivity contribution in [2.75, 3.05) is 6.54 Å². The van der Waals surface area contributed by atoms with Crippen molar-refractivity contribution < 1.29 is 13.3 Å². The highest BCUT2D eigenvalue weighted by Gasteiger charge is 2.31. The molecule has 0 aliphatic heterocycles. The van der Waals surface area contributed by atoms with E-state index in [-0.39, 0.29) is 22.7 Å². The molecule has 8 nitrogen and oxygen atoms in total. The maximum absolute atomic E-state index is 12.2. The first-order valence-corrected chi connectivity index (χ1v) is 7.75. The normalized spacial score (nSPS) is 22.9. The van der Waals surface area contributed by atoms with Crippen molar-refractivity contribution in [1.82, 2.24) is 9.71 Å². The summed E-state index contributed by atoms with van der Waals surface area (Å²) in [7, 11) is -3.72. The molecule has 0 spiro atoms. The molecule has 20 heavy (non-hydrogen) atoms. The maximum Gasteiger partial charge on any atom is 0.363 e. The lowest BCUT2D eigenvalue weighted by Gasteiger charge is -2.18. The van der Waals surface area contributed by atoms with Gasteiger partial charge in [0.1, 0.15) is 4.90 Å². The fraction of sp³-hybridized carbons (Fsp3) is 0.545. The summed E-state index contributed by atoms with van der Waals surface area (Å²) in [6.07, 6.45) is 3.59. The second-order valence-electron chi connectivity index (χ2n) is 4.76. The lowest BCUT2D eigenvalue weighted by molar-refractivity contribution is -0.389. The van der Waals surface area contributed by atoms with Crippen LogP contribution in [0.25, 0.3) is 0 Å². The van der Waals surface area contributed by atoms with E-state index in [1.165, 1.54) is 6.07 Å². The molecule has 1 aliphatic carbocycles. The lowest BCUT2D eigenvalue weighted by Crippen LogP contribution is -2.39. The highest BCUT2D eigenvalue weighted by Crippen LogP contribution is 2.26. The van der Waals surface area contributed by atoms with Crippen LogP contribution in [0.2, 0.25) is 0 Å². The second-order valence-corrected chi connectivity index (χ2v) is 6.48. The zero-order valence-corrected chi connectivity index (χ0v) is 11.5. The van der Waals surface area contributed by atoms with E-state index >= 15 is 0 Å². The van der Waals surface area contributed by atoms with Crippen molar-refractivity contribution >= 4 is 15.8 Å². The van der Waals surface area contributed by atoms with E-state index in [4.69, 9.17) is 5.73 Å². The van der Waals surface area contributed by atoms with E-state index in [9.17, 15) is 18.5 Å². The fourth-order valence-corrected chi connectivity index (χ4v) is 3.66.